The molecule has 0 bridgehead atoms. The molecule has 4 rings (SSSR count). The van der Waals surface area contributed by atoms with Gasteiger partial charge in [0.1, 0.15) is 12.1 Å². The molecule has 0 aliphatic carbocycles. The molecule has 2 aromatic carbocycles. The van der Waals surface area contributed by atoms with Gasteiger partial charge in [0, 0.05) is 0 Å². The van der Waals surface area contributed by atoms with E-state index in [2.05, 4.69) is 26.5 Å². The van der Waals surface area contributed by atoms with Gasteiger partial charge in [-0.2, -0.15) is 10.4 Å². The van der Waals surface area contributed by atoms with Gasteiger partial charge in [0.15, 0.2) is 5.65 Å². The van der Waals surface area contributed by atoms with Gasteiger partial charge in [-0.05, 0) is 36.8 Å². The first-order chi connectivity index (χ1) is 12.8. The normalized spacial score (nSPS) is 11.8. The number of hydrogen-bond acceptors (Lipinski definition) is 5. The predicted octanol–water partition coefficient (Wildman–Crippen LogP) is 3.86. The predicted molar refractivity (Wildman–Crippen MR) is 99.9 cm³/mol. The van der Waals surface area contributed by atoms with Crippen molar-refractivity contribution in [2.24, 2.45) is 0 Å². The first-order valence-electron chi connectivity index (χ1n) is 8.27. The molecule has 1 N–H and O–H groups in total. The molecule has 0 aliphatic rings. The summed E-state index contributed by atoms with van der Waals surface area (Å²) in [6, 6.07) is 19.6. The Balaban J connectivity index is 1.69. The van der Waals surface area contributed by atoms with Crippen LogP contribution in [0.4, 0.5) is 5.82 Å². The summed E-state index contributed by atoms with van der Waals surface area (Å²) in [6.45, 7) is 2.03. The zero-order chi connectivity index (χ0) is 17.9. The third-order valence-electron chi connectivity index (χ3n) is 4.24. The molecule has 0 spiro atoms. The number of nitrogens with one attached hydrogen (secondary N) is 1. The molecule has 0 aliphatic heterocycles. The number of aromatic nitrogens is 4. The molecule has 26 heavy (non-hydrogen) atoms. The summed E-state index contributed by atoms with van der Waals surface area (Å²) >= 11 is 0. The highest BCUT2D eigenvalue weighted by atomic mass is 15.3. The van der Waals surface area contributed by atoms with Crippen molar-refractivity contribution in [3.63, 3.8) is 0 Å². The summed E-state index contributed by atoms with van der Waals surface area (Å²) in [5.74, 6) is 0.715. The lowest BCUT2D eigenvalue weighted by atomic mass is 10.1. The summed E-state index contributed by atoms with van der Waals surface area (Å²) in [5, 5.41) is 17.8. The summed E-state index contributed by atoms with van der Waals surface area (Å²) < 4.78 is 1.79. The quantitative estimate of drug-likeness (QED) is 0.610. The van der Waals surface area contributed by atoms with Gasteiger partial charge >= 0.3 is 0 Å². The third kappa shape index (κ3) is 2.87. The first-order valence-corrected chi connectivity index (χ1v) is 8.27. The molecule has 0 radical (unpaired) electrons. The molecule has 4 aromatic rings. The Bertz CT molecular complexity index is 1090. The van der Waals surface area contributed by atoms with Gasteiger partial charge in [0.05, 0.1) is 34.9 Å². The second-order valence-electron chi connectivity index (χ2n) is 5.95. The molecular formula is C20H16N6. The number of anilines is 1. The van der Waals surface area contributed by atoms with Crippen LogP contribution in [0.5, 0.6) is 0 Å². The lowest BCUT2D eigenvalue weighted by molar-refractivity contribution is 0.873. The molecule has 126 valence electrons. The van der Waals surface area contributed by atoms with Crippen LogP contribution in [0.3, 0.4) is 0 Å². The van der Waals surface area contributed by atoms with Crippen LogP contribution in [0.25, 0.3) is 16.7 Å². The highest BCUT2D eigenvalue weighted by Gasteiger charge is 2.13. The van der Waals surface area contributed by atoms with E-state index in [0.717, 1.165) is 22.3 Å². The maximum absolute atomic E-state index is 9.08. The van der Waals surface area contributed by atoms with Crippen molar-refractivity contribution < 1.29 is 0 Å². The van der Waals surface area contributed by atoms with Crippen LogP contribution in [0.1, 0.15) is 24.1 Å². The van der Waals surface area contributed by atoms with E-state index >= 15 is 0 Å². The van der Waals surface area contributed by atoms with Gasteiger partial charge in [-0.15, -0.1) is 0 Å². The SMILES string of the molecule is CC(Nc1ncnc2c1cnn2-c1ccccc1)c1cccc(C#N)c1. The fourth-order valence-electron chi connectivity index (χ4n) is 2.88. The molecule has 2 heterocycles. The topological polar surface area (TPSA) is 79.4 Å². The Morgan fingerprint density at radius 2 is 1.92 bits per heavy atom. The van der Waals surface area contributed by atoms with E-state index in [9.17, 15) is 0 Å². The van der Waals surface area contributed by atoms with Gasteiger partial charge < -0.3 is 5.32 Å². The van der Waals surface area contributed by atoms with Crippen LogP contribution in [-0.4, -0.2) is 19.7 Å². The van der Waals surface area contributed by atoms with Crippen LogP contribution in [0.15, 0.2) is 67.1 Å². The monoisotopic (exact) mass is 340 g/mol. The lowest BCUT2D eigenvalue weighted by Crippen LogP contribution is -2.09. The van der Waals surface area contributed by atoms with Gasteiger partial charge in [-0.25, -0.2) is 14.6 Å². The fraction of sp³-hybridized carbons (Fsp3) is 0.100. The molecule has 6 nitrogen and oxygen atoms in total. The zero-order valence-corrected chi connectivity index (χ0v) is 14.2. The van der Waals surface area contributed by atoms with Crippen molar-refractivity contribution in [2.45, 2.75) is 13.0 Å². The highest BCUT2D eigenvalue weighted by molar-refractivity contribution is 5.87. The number of benzene rings is 2. The van der Waals surface area contributed by atoms with Crippen molar-refractivity contribution >= 4 is 16.9 Å². The number of fused-ring (bicyclic) bond motifs is 1. The number of hydrogen-bond donors (Lipinski definition) is 1. The van der Waals surface area contributed by atoms with Gasteiger partial charge in [-0.3, -0.25) is 0 Å². The van der Waals surface area contributed by atoms with E-state index in [0.29, 0.717) is 11.4 Å². The second kappa shape index (κ2) is 6.65. The minimum atomic E-state index is -0.0125. The zero-order valence-electron chi connectivity index (χ0n) is 14.2. The van der Waals surface area contributed by atoms with Crippen molar-refractivity contribution in [2.75, 3.05) is 5.32 Å². The standard InChI is InChI=1S/C20H16N6/c1-14(16-7-5-6-15(10-16)11-21)25-19-18-12-24-26(20(18)23-13-22-19)17-8-3-2-4-9-17/h2-10,12-14H,1H3,(H,22,23,25). The van der Waals surface area contributed by atoms with Gasteiger partial charge in [-0.1, -0.05) is 30.3 Å². The first kappa shape index (κ1) is 15.8. The Kier molecular flexibility index (Phi) is 4.04. The summed E-state index contributed by atoms with van der Waals surface area (Å²) in [5.41, 5.74) is 3.35. The third-order valence-corrected chi connectivity index (χ3v) is 4.24. The van der Waals surface area contributed by atoms with Crippen LogP contribution in [0, 0.1) is 11.3 Å². The Labute approximate surface area is 150 Å². The van der Waals surface area contributed by atoms with Crippen molar-refractivity contribution in [3.05, 3.63) is 78.2 Å². The molecule has 0 fully saturated rings. The number of nitrogens with zero attached hydrogens (tertiary/aromatic N) is 5. The molecule has 2 aromatic heterocycles. The van der Waals surface area contributed by atoms with Gasteiger partial charge in [0.25, 0.3) is 0 Å². The summed E-state index contributed by atoms with van der Waals surface area (Å²) in [4.78, 5) is 8.77. The molecule has 0 saturated heterocycles. The highest BCUT2D eigenvalue weighted by Crippen LogP contribution is 2.25. The summed E-state index contributed by atoms with van der Waals surface area (Å²) in [7, 11) is 0. The van der Waals surface area contributed by atoms with E-state index in [-0.39, 0.29) is 6.04 Å². The summed E-state index contributed by atoms with van der Waals surface area (Å²) in [6.07, 6.45) is 3.30. The van der Waals surface area contributed by atoms with Crippen molar-refractivity contribution in [1.29, 1.82) is 5.26 Å². The smallest absolute Gasteiger partial charge is 0.168 e. The minimum Gasteiger partial charge on any atom is -0.363 e. The molecule has 1 unspecified atom stereocenters. The lowest BCUT2D eigenvalue weighted by Gasteiger charge is -2.15. The van der Waals surface area contributed by atoms with Crippen LogP contribution < -0.4 is 5.32 Å². The fourth-order valence-corrected chi connectivity index (χ4v) is 2.88. The van der Waals surface area contributed by atoms with E-state index < -0.39 is 0 Å². The van der Waals surface area contributed by atoms with E-state index in [1.165, 1.54) is 6.33 Å². The number of nitriles is 1. The molecule has 6 heteroatoms. The average molecular weight is 340 g/mol. The Morgan fingerprint density at radius 3 is 2.73 bits per heavy atom. The van der Waals surface area contributed by atoms with Crippen LogP contribution >= 0.6 is 0 Å². The molecular weight excluding hydrogens is 324 g/mol. The van der Waals surface area contributed by atoms with Gasteiger partial charge in [0.2, 0.25) is 0 Å². The number of rotatable bonds is 4. The molecule has 1 atom stereocenters. The van der Waals surface area contributed by atoms with Crippen LogP contribution in [-0.2, 0) is 0 Å². The molecule has 0 saturated carbocycles. The maximum atomic E-state index is 9.08. The van der Waals surface area contributed by atoms with Crippen molar-refractivity contribution in [1.82, 2.24) is 19.7 Å². The van der Waals surface area contributed by atoms with Crippen molar-refractivity contribution in [3.8, 4) is 11.8 Å². The van der Waals surface area contributed by atoms with E-state index in [4.69, 9.17) is 5.26 Å². The second-order valence-corrected chi connectivity index (χ2v) is 5.95. The number of para-hydroxylation sites is 1. The van der Waals surface area contributed by atoms with Crippen LogP contribution in [0.2, 0.25) is 0 Å². The maximum Gasteiger partial charge on any atom is 0.168 e. The Morgan fingerprint density at radius 1 is 1.08 bits per heavy atom. The minimum absolute atomic E-state index is 0.0125. The molecule has 0 amide bonds. The average Bonchev–Trinajstić information content (AvgIpc) is 3.14. The van der Waals surface area contributed by atoms with E-state index in [1.807, 2.05) is 55.5 Å². The van der Waals surface area contributed by atoms with E-state index in [1.54, 1.807) is 16.9 Å². The Hall–Kier alpha value is -3.72. The largest absolute Gasteiger partial charge is 0.363 e.